The zero-order chi connectivity index (χ0) is 14.1. The van der Waals surface area contributed by atoms with E-state index in [0.29, 0.717) is 0 Å². The fourth-order valence-corrected chi connectivity index (χ4v) is 2.91. The van der Waals surface area contributed by atoms with Crippen molar-refractivity contribution in [2.24, 2.45) is 0 Å². The molecule has 0 radical (unpaired) electrons. The topological polar surface area (TPSA) is 23.6 Å². The molecular formula is C17H18N2O. The lowest BCUT2D eigenvalue weighted by atomic mass is 9.96. The minimum Gasteiger partial charge on any atom is -0.295 e. The molecule has 3 heteroatoms. The van der Waals surface area contributed by atoms with Crippen LogP contribution in [0, 0.1) is 0 Å². The lowest BCUT2D eigenvalue weighted by molar-refractivity contribution is -0.121. The standard InChI is InChI=1S/C17H18N2O/c1-18-15(13-9-5-3-6-10-13)17(20)16(19(18)2)14-11-7-4-8-12-14/h3-12,15-16H,1-2H3. The second-order valence-corrected chi connectivity index (χ2v) is 5.18. The van der Waals surface area contributed by atoms with Gasteiger partial charge >= 0.3 is 0 Å². The van der Waals surface area contributed by atoms with Gasteiger partial charge in [0.05, 0.1) is 0 Å². The highest BCUT2D eigenvalue weighted by Crippen LogP contribution is 2.38. The molecule has 2 aromatic carbocycles. The quantitative estimate of drug-likeness (QED) is 0.835. The summed E-state index contributed by atoms with van der Waals surface area (Å²) in [6, 6.07) is 19.5. The lowest BCUT2D eigenvalue weighted by Gasteiger charge is -2.26. The Morgan fingerprint density at radius 3 is 1.40 bits per heavy atom. The van der Waals surface area contributed by atoms with E-state index in [9.17, 15) is 4.79 Å². The monoisotopic (exact) mass is 266 g/mol. The molecule has 0 bridgehead atoms. The largest absolute Gasteiger partial charge is 0.295 e. The Bertz CT molecular complexity index is 543. The smallest absolute Gasteiger partial charge is 0.178 e. The van der Waals surface area contributed by atoms with Crippen LogP contribution in [0.4, 0.5) is 0 Å². The number of hydrogen-bond donors (Lipinski definition) is 0. The maximum atomic E-state index is 12.8. The molecule has 0 aromatic heterocycles. The second kappa shape index (κ2) is 5.19. The van der Waals surface area contributed by atoms with Crippen LogP contribution in [-0.4, -0.2) is 29.9 Å². The summed E-state index contributed by atoms with van der Waals surface area (Å²) >= 11 is 0. The Balaban J connectivity index is 1.99. The van der Waals surface area contributed by atoms with Crippen molar-refractivity contribution in [3.8, 4) is 0 Å². The van der Waals surface area contributed by atoms with E-state index in [1.54, 1.807) is 0 Å². The summed E-state index contributed by atoms with van der Waals surface area (Å²) in [5.41, 5.74) is 2.09. The van der Waals surface area contributed by atoms with Gasteiger partial charge in [-0.05, 0) is 11.1 Å². The van der Waals surface area contributed by atoms with E-state index >= 15 is 0 Å². The van der Waals surface area contributed by atoms with Gasteiger partial charge in [0.1, 0.15) is 12.1 Å². The minimum atomic E-state index is -0.202. The summed E-state index contributed by atoms with van der Waals surface area (Å²) in [7, 11) is 3.94. The van der Waals surface area contributed by atoms with Crippen LogP contribution >= 0.6 is 0 Å². The average molecular weight is 266 g/mol. The number of Topliss-reactive ketones (excluding diaryl/α,β-unsaturated/α-hetero) is 1. The molecule has 0 saturated carbocycles. The predicted octanol–water partition coefficient (Wildman–Crippen LogP) is 2.83. The van der Waals surface area contributed by atoms with E-state index in [0.717, 1.165) is 11.1 Å². The molecular weight excluding hydrogens is 248 g/mol. The third-order valence-electron chi connectivity index (χ3n) is 4.01. The van der Waals surface area contributed by atoms with Crippen molar-refractivity contribution >= 4 is 5.78 Å². The molecule has 2 aromatic rings. The highest BCUT2D eigenvalue weighted by Gasteiger charge is 2.44. The molecule has 2 unspecified atom stereocenters. The van der Waals surface area contributed by atoms with Crippen LogP contribution in [0.15, 0.2) is 60.7 Å². The van der Waals surface area contributed by atoms with Crippen molar-refractivity contribution < 1.29 is 4.79 Å². The third-order valence-corrected chi connectivity index (χ3v) is 4.01. The van der Waals surface area contributed by atoms with Gasteiger partial charge in [0, 0.05) is 14.1 Å². The van der Waals surface area contributed by atoms with Crippen LogP contribution in [0.5, 0.6) is 0 Å². The Hall–Kier alpha value is -1.97. The van der Waals surface area contributed by atoms with Gasteiger partial charge in [0.25, 0.3) is 0 Å². The number of rotatable bonds is 2. The summed E-state index contributed by atoms with van der Waals surface area (Å²) in [6.45, 7) is 0. The Kier molecular flexibility index (Phi) is 3.38. The number of nitrogens with zero attached hydrogens (tertiary/aromatic N) is 2. The van der Waals surface area contributed by atoms with Crippen LogP contribution in [0.1, 0.15) is 23.2 Å². The van der Waals surface area contributed by atoms with Crippen molar-refractivity contribution in [2.45, 2.75) is 12.1 Å². The second-order valence-electron chi connectivity index (χ2n) is 5.18. The Morgan fingerprint density at radius 1 is 0.700 bits per heavy atom. The van der Waals surface area contributed by atoms with Gasteiger partial charge in [-0.2, -0.15) is 0 Å². The SMILES string of the molecule is CN1C(c2ccccc2)C(=O)C(c2ccccc2)N1C. The predicted molar refractivity (Wildman–Crippen MR) is 78.9 cm³/mol. The number of carbonyl (C=O) groups excluding carboxylic acids is 1. The molecule has 102 valence electrons. The summed E-state index contributed by atoms with van der Waals surface area (Å²) in [5, 5.41) is 4.05. The van der Waals surface area contributed by atoms with E-state index in [4.69, 9.17) is 0 Å². The molecule has 1 saturated heterocycles. The van der Waals surface area contributed by atoms with Gasteiger partial charge in [-0.15, -0.1) is 0 Å². The number of likely N-dealkylation sites (N-methyl/N-ethyl adjacent to an activating group) is 2. The van der Waals surface area contributed by atoms with Crippen molar-refractivity contribution in [3.63, 3.8) is 0 Å². The molecule has 3 nitrogen and oxygen atoms in total. The highest BCUT2D eigenvalue weighted by molar-refractivity contribution is 5.92. The molecule has 1 fully saturated rings. The minimum absolute atomic E-state index is 0.202. The fraction of sp³-hybridized carbons (Fsp3) is 0.235. The zero-order valence-corrected chi connectivity index (χ0v) is 11.7. The molecule has 3 rings (SSSR count). The average Bonchev–Trinajstić information content (AvgIpc) is 2.71. The van der Waals surface area contributed by atoms with E-state index < -0.39 is 0 Å². The number of hydrogen-bond acceptors (Lipinski definition) is 3. The van der Waals surface area contributed by atoms with Crippen molar-refractivity contribution in [3.05, 3.63) is 71.8 Å². The summed E-state index contributed by atoms with van der Waals surface area (Å²) in [4.78, 5) is 12.8. The lowest BCUT2D eigenvalue weighted by Crippen LogP contribution is -2.32. The zero-order valence-electron chi connectivity index (χ0n) is 11.7. The summed E-state index contributed by atoms with van der Waals surface area (Å²) in [6.07, 6.45) is 0. The van der Waals surface area contributed by atoms with Crippen molar-refractivity contribution in [2.75, 3.05) is 14.1 Å². The third kappa shape index (κ3) is 2.05. The molecule has 0 aliphatic carbocycles. The Morgan fingerprint density at radius 2 is 1.05 bits per heavy atom. The first kappa shape index (κ1) is 13.0. The highest BCUT2D eigenvalue weighted by atomic mass is 16.1. The molecule has 1 heterocycles. The summed E-state index contributed by atoms with van der Waals surface area (Å²) in [5.74, 6) is 0.229. The van der Waals surface area contributed by atoms with E-state index in [1.165, 1.54) is 0 Å². The molecule has 1 aliphatic heterocycles. The first-order valence-corrected chi connectivity index (χ1v) is 6.79. The first-order valence-electron chi connectivity index (χ1n) is 6.79. The molecule has 0 spiro atoms. The van der Waals surface area contributed by atoms with E-state index in [-0.39, 0.29) is 17.9 Å². The van der Waals surface area contributed by atoms with Gasteiger partial charge in [0.15, 0.2) is 5.78 Å². The molecule has 20 heavy (non-hydrogen) atoms. The van der Waals surface area contributed by atoms with Crippen LogP contribution in [-0.2, 0) is 4.79 Å². The number of carbonyl (C=O) groups is 1. The normalized spacial score (nSPS) is 24.2. The number of benzene rings is 2. The number of hydrazine groups is 1. The molecule has 2 atom stereocenters. The van der Waals surface area contributed by atoms with Crippen LogP contribution in [0.3, 0.4) is 0 Å². The van der Waals surface area contributed by atoms with Gasteiger partial charge in [-0.1, -0.05) is 60.7 Å². The van der Waals surface area contributed by atoms with E-state index in [2.05, 4.69) is 0 Å². The number of ketones is 1. The van der Waals surface area contributed by atoms with Crippen LogP contribution in [0.2, 0.25) is 0 Å². The van der Waals surface area contributed by atoms with Gasteiger partial charge in [-0.3, -0.25) is 4.79 Å². The van der Waals surface area contributed by atoms with Crippen LogP contribution < -0.4 is 0 Å². The van der Waals surface area contributed by atoms with E-state index in [1.807, 2.05) is 84.8 Å². The van der Waals surface area contributed by atoms with Gasteiger partial charge < -0.3 is 0 Å². The van der Waals surface area contributed by atoms with Crippen molar-refractivity contribution in [1.82, 2.24) is 10.0 Å². The maximum Gasteiger partial charge on any atom is 0.178 e. The Labute approximate surface area is 119 Å². The molecule has 1 aliphatic rings. The van der Waals surface area contributed by atoms with Crippen molar-refractivity contribution in [1.29, 1.82) is 0 Å². The fourth-order valence-electron chi connectivity index (χ4n) is 2.91. The van der Waals surface area contributed by atoms with Gasteiger partial charge in [0.2, 0.25) is 0 Å². The first-order chi connectivity index (χ1) is 9.70. The molecule has 0 amide bonds. The van der Waals surface area contributed by atoms with Gasteiger partial charge in [-0.25, -0.2) is 10.0 Å². The maximum absolute atomic E-state index is 12.8. The van der Waals surface area contributed by atoms with Crippen LogP contribution in [0.25, 0.3) is 0 Å². The summed E-state index contributed by atoms with van der Waals surface area (Å²) < 4.78 is 0. The molecule has 0 N–H and O–H groups in total.